The van der Waals surface area contributed by atoms with E-state index >= 15 is 0 Å². The second kappa shape index (κ2) is 3.90. The van der Waals surface area contributed by atoms with Crippen LogP contribution in [0, 0.1) is 5.92 Å². The molecule has 4 rings (SSSR count). The third kappa shape index (κ3) is 1.70. The van der Waals surface area contributed by atoms with Gasteiger partial charge in [-0.2, -0.15) is 5.10 Å². The van der Waals surface area contributed by atoms with Crippen molar-refractivity contribution < 1.29 is 0 Å². The van der Waals surface area contributed by atoms with E-state index in [1.807, 2.05) is 7.05 Å². The fraction of sp³-hybridized carbons (Fsp3) is 0.615. The summed E-state index contributed by atoms with van der Waals surface area (Å²) in [5, 5.41) is 5.03. The number of hydrogen-bond donors (Lipinski definition) is 1. The summed E-state index contributed by atoms with van der Waals surface area (Å²) in [5.41, 5.74) is 6.82. The van der Waals surface area contributed by atoms with Crippen molar-refractivity contribution in [3.05, 3.63) is 12.0 Å². The molecule has 2 aromatic heterocycles. The predicted molar refractivity (Wildman–Crippen MR) is 72.3 cm³/mol. The van der Waals surface area contributed by atoms with Crippen molar-refractivity contribution in [1.82, 2.24) is 24.6 Å². The van der Waals surface area contributed by atoms with Gasteiger partial charge in [0, 0.05) is 19.6 Å². The van der Waals surface area contributed by atoms with E-state index < -0.39 is 0 Å². The Bertz CT molecular complexity index is 633. The number of fused-ring (bicyclic) bond motifs is 3. The van der Waals surface area contributed by atoms with Crippen LogP contribution >= 0.6 is 0 Å². The molecule has 2 bridgehead atoms. The number of hydrogen-bond acceptors (Lipinski definition) is 5. The minimum atomic E-state index is 0.539. The molecule has 0 amide bonds. The summed E-state index contributed by atoms with van der Waals surface area (Å²) < 4.78 is 1.76. The quantitative estimate of drug-likeness (QED) is 0.867. The molecule has 1 aliphatic carbocycles. The van der Waals surface area contributed by atoms with Crippen molar-refractivity contribution in [2.75, 3.05) is 12.3 Å². The fourth-order valence-electron chi connectivity index (χ4n) is 3.56. The molecule has 2 unspecified atom stereocenters. The molecule has 0 radical (unpaired) electrons. The lowest BCUT2D eigenvalue weighted by atomic mass is 10.1. The van der Waals surface area contributed by atoms with Crippen LogP contribution in [-0.2, 0) is 13.6 Å². The highest BCUT2D eigenvalue weighted by atomic mass is 15.3. The highest BCUT2D eigenvalue weighted by Gasteiger charge is 2.37. The van der Waals surface area contributed by atoms with Crippen LogP contribution in [0.2, 0.25) is 0 Å². The first-order chi connectivity index (χ1) is 9.20. The van der Waals surface area contributed by atoms with Gasteiger partial charge in [0.1, 0.15) is 11.6 Å². The molecule has 1 saturated carbocycles. The number of piperidine rings is 1. The first-order valence-corrected chi connectivity index (χ1v) is 6.89. The van der Waals surface area contributed by atoms with Gasteiger partial charge < -0.3 is 5.73 Å². The van der Waals surface area contributed by atoms with Crippen LogP contribution in [0.5, 0.6) is 0 Å². The van der Waals surface area contributed by atoms with E-state index in [-0.39, 0.29) is 0 Å². The molecular formula is C13H18N6. The molecule has 2 N–H and O–H groups in total. The van der Waals surface area contributed by atoms with Crippen LogP contribution in [-0.4, -0.2) is 37.2 Å². The minimum absolute atomic E-state index is 0.539. The van der Waals surface area contributed by atoms with Crippen LogP contribution in [0.3, 0.4) is 0 Å². The standard InChI is InChI=1S/C13H18N6/c1-18-13-10(5-15-18)12(14)16-11(17-13)7-19-6-8-2-3-9(19)4-8/h5,8-9H,2-4,6-7H2,1H3,(H2,14,16,17). The van der Waals surface area contributed by atoms with E-state index in [1.54, 1.807) is 10.9 Å². The largest absolute Gasteiger partial charge is 0.383 e. The van der Waals surface area contributed by atoms with Crippen molar-refractivity contribution in [3.63, 3.8) is 0 Å². The summed E-state index contributed by atoms with van der Waals surface area (Å²) in [6.07, 6.45) is 5.80. The number of rotatable bonds is 2. The van der Waals surface area contributed by atoms with Gasteiger partial charge in [0.05, 0.1) is 18.1 Å². The van der Waals surface area contributed by atoms with E-state index in [1.165, 1.54) is 25.8 Å². The lowest BCUT2D eigenvalue weighted by Crippen LogP contribution is -2.32. The zero-order chi connectivity index (χ0) is 13.0. The zero-order valence-electron chi connectivity index (χ0n) is 11.1. The normalized spacial score (nSPS) is 26.6. The molecule has 6 heteroatoms. The molecule has 2 aliphatic rings. The monoisotopic (exact) mass is 258 g/mol. The van der Waals surface area contributed by atoms with Gasteiger partial charge in [0.25, 0.3) is 0 Å². The number of anilines is 1. The van der Waals surface area contributed by atoms with Crippen molar-refractivity contribution >= 4 is 16.9 Å². The van der Waals surface area contributed by atoms with Crippen LogP contribution < -0.4 is 5.73 Å². The van der Waals surface area contributed by atoms with Gasteiger partial charge in [-0.25, -0.2) is 9.97 Å². The van der Waals surface area contributed by atoms with Crippen molar-refractivity contribution in [2.24, 2.45) is 13.0 Å². The maximum atomic E-state index is 6.00. The van der Waals surface area contributed by atoms with Crippen molar-refractivity contribution in [1.29, 1.82) is 0 Å². The number of nitrogen functional groups attached to an aromatic ring is 1. The average Bonchev–Trinajstić information content (AvgIpc) is 3.06. The third-order valence-electron chi connectivity index (χ3n) is 4.54. The van der Waals surface area contributed by atoms with E-state index in [0.717, 1.165) is 35.4 Å². The Morgan fingerprint density at radius 3 is 3.00 bits per heavy atom. The molecule has 100 valence electrons. The highest BCUT2D eigenvalue weighted by Crippen LogP contribution is 2.37. The van der Waals surface area contributed by atoms with Crippen molar-refractivity contribution in [2.45, 2.75) is 31.8 Å². The second-order valence-corrected chi connectivity index (χ2v) is 5.79. The Balaban J connectivity index is 1.66. The number of aromatic nitrogens is 4. The Kier molecular flexibility index (Phi) is 2.29. The zero-order valence-corrected chi connectivity index (χ0v) is 11.1. The van der Waals surface area contributed by atoms with Crippen LogP contribution in [0.1, 0.15) is 25.1 Å². The first kappa shape index (κ1) is 11.2. The molecule has 6 nitrogen and oxygen atoms in total. The molecule has 3 heterocycles. The first-order valence-electron chi connectivity index (χ1n) is 6.89. The fourth-order valence-corrected chi connectivity index (χ4v) is 3.56. The number of likely N-dealkylation sites (tertiary alicyclic amines) is 1. The van der Waals surface area contributed by atoms with E-state index in [2.05, 4.69) is 20.0 Å². The number of nitrogens with two attached hydrogens (primary N) is 1. The van der Waals surface area contributed by atoms with Gasteiger partial charge in [-0.05, 0) is 25.2 Å². The Morgan fingerprint density at radius 2 is 2.26 bits per heavy atom. The summed E-state index contributed by atoms with van der Waals surface area (Å²) in [7, 11) is 1.89. The summed E-state index contributed by atoms with van der Waals surface area (Å²) in [5.74, 6) is 2.25. The Hall–Kier alpha value is -1.69. The molecule has 0 aromatic carbocycles. The lowest BCUT2D eigenvalue weighted by molar-refractivity contribution is 0.201. The Morgan fingerprint density at radius 1 is 1.37 bits per heavy atom. The topological polar surface area (TPSA) is 72.9 Å². The van der Waals surface area contributed by atoms with E-state index in [0.29, 0.717) is 5.82 Å². The molecule has 1 aliphatic heterocycles. The smallest absolute Gasteiger partial charge is 0.163 e. The van der Waals surface area contributed by atoms with Gasteiger partial charge in [0.2, 0.25) is 0 Å². The van der Waals surface area contributed by atoms with Crippen LogP contribution in [0.15, 0.2) is 6.20 Å². The SMILES string of the molecule is Cn1ncc2c(N)nc(CN3CC4CCC3C4)nc21. The summed E-state index contributed by atoms with van der Waals surface area (Å²) in [6, 6.07) is 0.733. The Labute approximate surface area is 111 Å². The van der Waals surface area contributed by atoms with Gasteiger partial charge >= 0.3 is 0 Å². The molecule has 1 saturated heterocycles. The van der Waals surface area contributed by atoms with Gasteiger partial charge in [-0.3, -0.25) is 9.58 Å². The van der Waals surface area contributed by atoms with Crippen LogP contribution in [0.4, 0.5) is 5.82 Å². The maximum absolute atomic E-state index is 6.00. The number of nitrogens with zero attached hydrogens (tertiary/aromatic N) is 5. The molecule has 19 heavy (non-hydrogen) atoms. The summed E-state index contributed by atoms with van der Waals surface area (Å²) >= 11 is 0. The van der Waals surface area contributed by atoms with Crippen LogP contribution in [0.25, 0.3) is 11.0 Å². The molecule has 2 fully saturated rings. The van der Waals surface area contributed by atoms with Gasteiger partial charge in [0.15, 0.2) is 5.65 Å². The highest BCUT2D eigenvalue weighted by molar-refractivity contribution is 5.84. The van der Waals surface area contributed by atoms with E-state index in [4.69, 9.17) is 5.73 Å². The third-order valence-corrected chi connectivity index (χ3v) is 4.54. The molecule has 0 spiro atoms. The van der Waals surface area contributed by atoms with Crippen molar-refractivity contribution in [3.8, 4) is 0 Å². The molecule has 2 aromatic rings. The predicted octanol–water partition coefficient (Wildman–Crippen LogP) is 0.930. The summed E-state index contributed by atoms with van der Waals surface area (Å²) in [4.78, 5) is 11.5. The van der Waals surface area contributed by atoms with Gasteiger partial charge in [-0.1, -0.05) is 0 Å². The average molecular weight is 258 g/mol. The second-order valence-electron chi connectivity index (χ2n) is 5.79. The number of aryl methyl sites for hydroxylation is 1. The van der Waals surface area contributed by atoms with Gasteiger partial charge in [-0.15, -0.1) is 0 Å². The lowest BCUT2D eigenvalue weighted by Gasteiger charge is -2.25. The molecular weight excluding hydrogens is 240 g/mol. The van der Waals surface area contributed by atoms with E-state index in [9.17, 15) is 0 Å². The molecule has 2 atom stereocenters. The summed E-state index contributed by atoms with van der Waals surface area (Å²) in [6.45, 7) is 2.00. The minimum Gasteiger partial charge on any atom is -0.383 e. The maximum Gasteiger partial charge on any atom is 0.163 e.